The van der Waals surface area contributed by atoms with Crippen molar-refractivity contribution in [2.45, 2.75) is 25.8 Å². The number of aliphatic imine (C=N–C) groups is 1. The van der Waals surface area contributed by atoms with E-state index in [4.69, 9.17) is 0 Å². The number of halogens is 1. The number of aryl methyl sites for hydroxylation is 1. The summed E-state index contributed by atoms with van der Waals surface area (Å²) in [4.78, 5) is 6.96. The van der Waals surface area contributed by atoms with Crippen LogP contribution in [0.15, 0.2) is 41.7 Å². The maximum Gasteiger partial charge on any atom is 0.194 e. The van der Waals surface area contributed by atoms with Crippen LogP contribution in [-0.2, 0) is 13.6 Å². The van der Waals surface area contributed by atoms with Gasteiger partial charge < -0.3 is 10.2 Å². The van der Waals surface area contributed by atoms with Gasteiger partial charge in [0.15, 0.2) is 5.96 Å². The molecule has 1 unspecified atom stereocenters. The molecule has 0 aliphatic carbocycles. The van der Waals surface area contributed by atoms with Crippen molar-refractivity contribution in [3.05, 3.63) is 53.6 Å². The molecule has 0 radical (unpaired) electrons. The molecule has 1 saturated heterocycles. The average molecular weight is 329 g/mol. The molecule has 2 heterocycles. The molecule has 2 aromatic rings. The van der Waals surface area contributed by atoms with Crippen LogP contribution in [0.3, 0.4) is 0 Å². The molecule has 128 valence electrons. The average Bonchev–Trinajstić information content (AvgIpc) is 3.20. The molecule has 1 atom stereocenters. The quantitative estimate of drug-likeness (QED) is 0.692. The van der Waals surface area contributed by atoms with Crippen LogP contribution < -0.4 is 5.32 Å². The fraction of sp³-hybridized carbons (Fsp3) is 0.444. The van der Waals surface area contributed by atoms with E-state index >= 15 is 0 Å². The van der Waals surface area contributed by atoms with Crippen molar-refractivity contribution in [1.82, 2.24) is 20.0 Å². The minimum atomic E-state index is -0.217. The lowest BCUT2D eigenvalue weighted by molar-refractivity contribution is 0.486. The molecule has 1 aliphatic heterocycles. The largest absolute Gasteiger partial charge is 0.357 e. The van der Waals surface area contributed by atoms with E-state index in [2.05, 4.69) is 33.4 Å². The minimum Gasteiger partial charge on any atom is -0.357 e. The van der Waals surface area contributed by atoms with E-state index in [9.17, 15) is 4.39 Å². The Balaban J connectivity index is 1.68. The molecule has 1 aromatic carbocycles. The Bertz CT molecular complexity index is 709. The first kappa shape index (κ1) is 16.5. The van der Waals surface area contributed by atoms with Crippen LogP contribution in [0.4, 0.5) is 4.39 Å². The number of nitrogens with one attached hydrogen (secondary N) is 1. The zero-order chi connectivity index (χ0) is 16.9. The van der Waals surface area contributed by atoms with Crippen LogP contribution in [0.25, 0.3) is 0 Å². The van der Waals surface area contributed by atoms with Crippen molar-refractivity contribution in [2.75, 3.05) is 19.6 Å². The lowest BCUT2D eigenvalue weighted by Gasteiger charge is -2.21. The Kier molecular flexibility index (Phi) is 5.13. The third-order valence-corrected chi connectivity index (χ3v) is 4.32. The fourth-order valence-electron chi connectivity index (χ4n) is 3.10. The van der Waals surface area contributed by atoms with Gasteiger partial charge in [-0.1, -0.05) is 12.1 Å². The van der Waals surface area contributed by atoms with E-state index in [0.717, 1.165) is 37.6 Å². The van der Waals surface area contributed by atoms with E-state index in [1.165, 1.54) is 17.7 Å². The van der Waals surface area contributed by atoms with Gasteiger partial charge in [0.25, 0.3) is 0 Å². The van der Waals surface area contributed by atoms with Crippen molar-refractivity contribution in [1.29, 1.82) is 0 Å². The number of rotatable bonds is 4. The highest BCUT2D eigenvalue weighted by Crippen LogP contribution is 2.26. The van der Waals surface area contributed by atoms with Gasteiger partial charge in [-0.3, -0.25) is 4.68 Å². The molecule has 1 N–H and O–H groups in total. The highest BCUT2D eigenvalue weighted by atomic mass is 19.1. The second kappa shape index (κ2) is 7.47. The molecule has 0 spiro atoms. The van der Waals surface area contributed by atoms with Crippen molar-refractivity contribution >= 4 is 5.96 Å². The molecule has 3 rings (SSSR count). The number of hydrogen-bond donors (Lipinski definition) is 1. The molecule has 0 saturated carbocycles. The normalized spacial score (nSPS) is 18.2. The number of guanidine groups is 1. The minimum absolute atomic E-state index is 0.217. The molecule has 0 amide bonds. The molecule has 6 heteroatoms. The summed E-state index contributed by atoms with van der Waals surface area (Å²) in [7, 11) is 1.95. The van der Waals surface area contributed by atoms with Crippen molar-refractivity contribution < 1.29 is 4.39 Å². The van der Waals surface area contributed by atoms with Gasteiger partial charge in [-0.2, -0.15) is 5.10 Å². The van der Waals surface area contributed by atoms with Gasteiger partial charge in [0.05, 0.1) is 12.7 Å². The topological polar surface area (TPSA) is 45.5 Å². The molecule has 24 heavy (non-hydrogen) atoms. The Labute approximate surface area is 142 Å². The highest BCUT2D eigenvalue weighted by Gasteiger charge is 2.26. The van der Waals surface area contributed by atoms with Gasteiger partial charge in [-0.15, -0.1) is 0 Å². The number of aromatic nitrogens is 2. The molecule has 1 fully saturated rings. The van der Waals surface area contributed by atoms with E-state index in [0.29, 0.717) is 12.5 Å². The Morgan fingerprint density at radius 3 is 3.04 bits per heavy atom. The Morgan fingerprint density at radius 1 is 1.46 bits per heavy atom. The van der Waals surface area contributed by atoms with Crippen LogP contribution in [0.1, 0.15) is 30.4 Å². The van der Waals surface area contributed by atoms with Gasteiger partial charge in [0.1, 0.15) is 5.82 Å². The van der Waals surface area contributed by atoms with Crippen LogP contribution in [0, 0.1) is 5.82 Å². The molecule has 0 bridgehead atoms. The number of nitrogens with zero attached hydrogens (tertiary/aromatic N) is 4. The maximum atomic E-state index is 13.3. The predicted octanol–water partition coefficient (Wildman–Crippen LogP) is 2.51. The second-order valence-corrected chi connectivity index (χ2v) is 6.18. The molecule has 5 nitrogen and oxygen atoms in total. The fourth-order valence-corrected chi connectivity index (χ4v) is 3.10. The van der Waals surface area contributed by atoms with Crippen LogP contribution in [-0.4, -0.2) is 40.3 Å². The number of hydrogen-bond acceptors (Lipinski definition) is 2. The Hall–Kier alpha value is -2.37. The molecular weight excluding hydrogens is 305 g/mol. The third kappa shape index (κ3) is 3.93. The van der Waals surface area contributed by atoms with Crippen molar-refractivity contribution in [3.63, 3.8) is 0 Å². The first-order valence-corrected chi connectivity index (χ1v) is 8.42. The lowest BCUT2D eigenvalue weighted by Crippen LogP contribution is -2.40. The van der Waals surface area contributed by atoms with Crippen LogP contribution >= 0.6 is 0 Å². The summed E-state index contributed by atoms with van der Waals surface area (Å²) in [5.74, 6) is 1.16. The molecule has 1 aromatic heterocycles. The predicted molar refractivity (Wildman–Crippen MR) is 93.4 cm³/mol. The Morgan fingerprint density at radius 2 is 2.33 bits per heavy atom. The van der Waals surface area contributed by atoms with E-state index in [1.807, 2.05) is 24.0 Å². The zero-order valence-electron chi connectivity index (χ0n) is 14.2. The number of benzene rings is 1. The van der Waals surface area contributed by atoms with E-state index < -0.39 is 0 Å². The number of likely N-dealkylation sites (tertiary alicyclic amines) is 1. The van der Waals surface area contributed by atoms with Gasteiger partial charge in [0, 0.05) is 38.8 Å². The summed E-state index contributed by atoms with van der Waals surface area (Å²) in [6, 6.07) is 6.62. The van der Waals surface area contributed by atoms with E-state index in [-0.39, 0.29) is 5.82 Å². The molecule has 1 aliphatic rings. The van der Waals surface area contributed by atoms with Gasteiger partial charge in [-0.05, 0) is 36.6 Å². The second-order valence-electron chi connectivity index (χ2n) is 6.18. The first-order valence-electron chi connectivity index (χ1n) is 8.42. The third-order valence-electron chi connectivity index (χ3n) is 4.32. The van der Waals surface area contributed by atoms with Crippen molar-refractivity contribution in [2.24, 2.45) is 12.0 Å². The summed E-state index contributed by atoms with van der Waals surface area (Å²) < 4.78 is 15.1. The van der Waals surface area contributed by atoms with Crippen molar-refractivity contribution in [3.8, 4) is 0 Å². The van der Waals surface area contributed by atoms with Gasteiger partial charge in [-0.25, -0.2) is 9.38 Å². The summed E-state index contributed by atoms with van der Waals surface area (Å²) >= 11 is 0. The highest BCUT2D eigenvalue weighted by molar-refractivity contribution is 5.80. The van der Waals surface area contributed by atoms with Crippen LogP contribution in [0.5, 0.6) is 0 Å². The summed E-state index contributed by atoms with van der Waals surface area (Å²) in [6.07, 6.45) is 5.13. The maximum absolute atomic E-state index is 13.3. The SMILES string of the molecule is CCNC(=NCc1cccc(F)c1)N1CCC(c2cnn(C)c2)C1. The first-order chi connectivity index (χ1) is 11.7. The van der Waals surface area contributed by atoms with Gasteiger partial charge >= 0.3 is 0 Å². The van der Waals surface area contributed by atoms with Gasteiger partial charge in [0.2, 0.25) is 0 Å². The van der Waals surface area contributed by atoms with E-state index in [1.54, 1.807) is 6.07 Å². The smallest absolute Gasteiger partial charge is 0.194 e. The lowest BCUT2D eigenvalue weighted by atomic mass is 10.0. The summed E-state index contributed by atoms with van der Waals surface area (Å²) in [5.41, 5.74) is 2.16. The summed E-state index contributed by atoms with van der Waals surface area (Å²) in [6.45, 7) is 5.26. The standard InChI is InChI=1S/C18H24FN5/c1-3-20-18(21-10-14-5-4-6-17(19)9-14)24-8-7-15(13-24)16-11-22-23(2)12-16/h4-6,9,11-12,15H,3,7-8,10,13H2,1-2H3,(H,20,21). The monoisotopic (exact) mass is 329 g/mol. The summed E-state index contributed by atoms with van der Waals surface area (Å²) in [5, 5.41) is 7.62. The molecular formula is C18H24FN5. The van der Waals surface area contributed by atoms with Crippen LogP contribution in [0.2, 0.25) is 0 Å². The zero-order valence-corrected chi connectivity index (χ0v) is 14.2.